The number of urea groups is 1. The van der Waals surface area contributed by atoms with Gasteiger partial charge in [0.15, 0.2) is 23.0 Å². The van der Waals surface area contributed by atoms with Gasteiger partial charge in [-0.1, -0.05) is 0 Å². The number of anilines is 4. The van der Waals surface area contributed by atoms with Crippen molar-refractivity contribution in [1.82, 2.24) is 44.9 Å². The average molecular weight is 876 g/mol. The fourth-order valence-corrected chi connectivity index (χ4v) is 8.23. The van der Waals surface area contributed by atoms with E-state index in [0.29, 0.717) is 39.0 Å². The molecule has 0 atom stereocenters. The molecule has 4 aromatic rings. The van der Waals surface area contributed by atoms with E-state index < -0.39 is 60.0 Å². The van der Waals surface area contributed by atoms with Crippen molar-refractivity contribution in [3.63, 3.8) is 0 Å². The van der Waals surface area contributed by atoms with E-state index in [-0.39, 0.29) is 78.5 Å². The first-order chi connectivity index (χ1) is 29.6. The number of piperazine rings is 1. The number of pyridine rings is 1. The summed E-state index contributed by atoms with van der Waals surface area (Å²) >= 11 is 0. The van der Waals surface area contributed by atoms with Crippen LogP contribution in [-0.4, -0.2) is 128 Å². The molecule has 62 heavy (non-hydrogen) atoms. The standard InChI is InChI=1S/C38H40F7N13O4/c39-26-13-25(14-27(40)33(26)56-8-6-31(59)50-37(56)62)55-17-21(18-55)36(61)54-11-9-53(10-12-54)22-1-3-23(4-2-22)57-19-29(32(52-57)34(41)42)49-35(60)28-16-48-58(51-28)24-5-7-46-30(15-24)47-20-38(43,44)45/h5,7,13-16,19,21-23,34H,1-4,6,8-12,17-18,20H2,(H,46,47)(H,49,60)(H,50,59,62). The molecule has 0 spiro atoms. The molecule has 1 aromatic carbocycles. The SMILES string of the molecule is O=C1CCN(c2c(F)cc(N3CC(C(=O)N4CCN(C5CCC(n6cc(NC(=O)c7cnn(-c8ccnc(NCC(F)(F)F)c8)n7)c(C(F)F)n6)CC5)CC4)C3)cc2F)C(=O)N1. The molecule has 4 aliphatic rings. The van der Waals surface area contributed by atoms with Gasteiger partial charge in [-0.25, -0.2) is 27.3 Å². The van der Waals surface area contributed by atoms with Gasteiger partial charge in [0.25, 0.3) is 12.3 Å². The van der Waals surface area contributed by atoms with Crippen molar-refractivity contribution in [2.45, 2.75) is 56.8 Å². The van der Waals surface area contributed by atoms with Crippen LogP contribution in [0.15, 0.2) is 42.9 Å². The third kappa shape index (κ3) is 9.13. The highest BCUT2D eigenvalue weighted by atomic mass is 19.4. The lowest BCUT2D eigenvalue weighted by Crippen LogP contribution is -2.59. The van der Waals surface area contributed by atoms with Gasteiger partial charge in [0.2, 0.25) is 11.8 Å². The summed E-state index contributed by atoms with van der Waals surface area (Å²) < 4.78 is 97.6. The highest BCUT2D eigenvalue weighted by molar-refractivity contribution is 6.06. The zero-order chi connectivity index (χ0) is 43.9. The lowest BCUT2D eigenvalue weighted by Gasteiger charge is -2.45. The summed E-state index contributed by atoms with van der Waals surface area (Å²) in [5.41, 5.74) is -1.14. The van der Waals surface area contributed by atoms with Crippen LogP contribution in [-0.2, 0) is 9.59 Å². The average Bonchev–Trinajstić information content (AvgIpc) is 3.89. The van der Waals surface area contributed by atoms with Crippen molar-refractivity contribution in [1.29, 1.82) is 0 Å². The van der Waals surface area contributed by atoms with Gasteiger partial charge in [-0.05, 0) is 43.9 Å². The Kier molecular flexibility index (Phi) is 11.8. The molecule has 0 unspecified atom stereocenters. The van der Waals surface area contributed by atoms with E-state index in [1.165, 1.54) is 29.2 Å². The second-order valence-corrected chi connectivity index (χ2v) is 15.5. The second kappa shape index (κ2) is 17.2. The van der Waals surface area contributed by atoms with Crippen LogP contribution in [0.3, 0.4) is 0 Å². The Bertz CT molecular complexity index is 2310. The third-order valence-electron chi connectivity index (χ3n) is 11.5. The maximum absolute atomic E-state index is 15.0. The Labute approximate surface area is 348 Å². The molecule has 3 saturated heterocycles. The van der Waals surface area contributed by atoms with Crippen molar-refractivity contribution in [2.75, 3.05) is 72.8 Å². The van der Waals surface area contributed by atoms with Crippen LogP contribution in [0.5, 0.6) is 0 Å². The van der Waals surface area contributed by atoms with Crippen molar-refractivity contribution < 1.29 is 49.9 Å². The number of nitrogens with zero attached hydrogens (tertiary/aromatic N) is 10. The summed E-state index contributed by atoms with van der Waals surface area (Å²) in [6.07, 6.45) is -1.11. The molecule has 3 aliphatic heterocycles. The summed E-state index contributed by atoms with van der Waals surface area (Å²) in [6, 6.07) is 3.99. The monoisotopic (exact) mass is 875 g/mol. The first-order valence-electron chi connectivity index (χ1n) is 19.9. The van der Waals surface area contributed by atoms with Crippen LogP contribution in [0, 0.1) is 17.6 Å². The van der Waals surface area contributed by atoms with Gasteiger partial charge in [0, 0.05) is 82.4 Å². The van der Waals surface area contributed by atoms with E-state index in [1.54, 1.807) is 9.80 Å². The van der Waals surface area contributed by atoms with Gasteiger partial charge in [0.05, 0.1) is 29.5 Å². The van der Waals surface area contributed by atoms with Gasteiger partial charge in [-0.15, -0.1) is 5.10 Å². The van der Waals surface area contributed by atoms with E-state index in [4.69, 9.17) is 0 Å². The molecule has 17 nitrogen and oxygen atoms in total. The summed E-state index contributed by atoms with van der Waals surface area (Å²) in [5, 5.41) is 18.8. The van der Waals surface area contributed by atoms with Crippen LogP contribution in [0.25, 0.3) is 5.69 Å². The molecule has 1 saturated carbocycles. The topological polar surface area (TPSA) is 179 Å². The van der Waals surface area contributed by atoms with Crippen molar-refractivity contribution in [3.8, 4) is 5.69 Å². The number of carbonyl (C=O) groups is 4. The maximum atomic E-state index is 15.0. The van der Waals surface area contributed by atoms with Crippen LogP contribution < -0.4 is 25.8 Å². The first-order valence-corrected chi connectivity index (χ1v) is 19.9. The molecule has 330 valence electrons. The Balaban J connectivity index is 0.800. The first kappa shape index (κ1) is 42.4. The van der Waals surface area contributed by atoms with E-state index in [2.05, 4.69) is 35.8 Å². The Morgan fingerprint density at radius 1 is 0.903 bits per heavy atom. The fourth-order valence-electron chi connectivity index (χ4n) is 8.23. The summed E-state index contributed by atoms with van der Waals surface area (Å²) in [5.74, 6) is -3.76. The number of halogens is 7. The number of nitrogens with one attached hydrogen (secondary N) is 3. The molecule has 5 amide bonds. The Morgan fingerprint density at radius 3 is 2.26 bits per heavy atom. The zero-order valence-corrected chi connectivity index (χ0v) is 32.8. The normalized spacial score (nSPS) is 20.4. The van der Waals surface area contributed by atoms with Gasteiger partial charge in [-0.3, -0.25) is 34.2 Å². The molecule has 1 aliphatic carbocycles. The van der Waals surface area contributed by atoms with Crippen molar-refractivity contribution in [2.24, 2.45) is 5.92 Å². The van der Waals surface area contributed by atoms with Crippen LogP contribution in [0.2, 0.25) is 0 Å². The molecule has 4 fully saturated rings. The predicted molar refractivity (Wildman–Crippen MR) is 206 cm³/mol. The summed E-state index contributed by atoms with van der Waals surface area (Å²) in [7, 11) is 0. The number of benzene rings is 1. The molecule has 8 rings (SSSR count). The zero-order valence-electron chi connectivity index (χ0n) is 32.8. The minimum Gasteiger partial charge on any atom is -0.370 e. The van der Waals surface area contributed by atoms with Gasteiger partial charge < -0.3 is 20.4 Å². The van der Waals surface area contributed by atoms with Crippen molar-refractivity contribution in [3.05, 3.63) is 65.9 Å². The van der Waals surface area contributed by atoms with Crippen LogP contribution in [0.4, 0.5) is 58.4 Å². The largest absolute Gasteiger partial charge is 0.405 e. The molecule has 6 heterocycles. The lowest BCUT2D eigenvalue weighted by molar-refractivity contribution is -0.138. The summed E-state index contributed by atoms with van der Waals surface area (Å²) in [4.78, 5) is 61.5. The fraction of sp³-hybridized carbons (Fsp3) is 0.474. The van der Waals surface area contributed by atoms with Gasteiger partial charge in [-0.2, -0.15) is 28.2 Å². The maximum Gasteiger partial charge on any atom is 0.405 e. The Morgan fingerprint density at radius 2 is 1.60 bits per heavy atom. The van der Waals surface area contributed by atoms with E-state index in [1.807, 2.05) is 5.32 Å². The van der Waals surface area contributed by atoms with Crippen LogP contribution >= 0.6 is 0 Å². The number of amides is 5. The number of alkyl halides is 5. The molecular formula is C38H40F7N13O4. The highest BCUT2D eigenvalue weighted by Gasteiger charge is 2.39. The lowest BCUT2D eigenvalue weighted by atomic mass is 9.89. The third-order valence-corrected chi connectivity index (χ3v) is 11.5. The number of hydrogen-bond donors (Lipinski definition) is 3. The van der Waals surface area contributed by atoms with Crippen LogP contribution in [0.1, 0.15) is 60.8 Å². The van der Waals surface area contributed by atoms with Gasteiger partial charge >= 0.3 is 12.2 Å². The highest BCUT2D eigenvalue weighted by Crippen LogP contribution is 2.36. The number of imide groups is 1. The van der Waals surface area contributed by atoms with E-state index >= 15 is 8.78 Å². The number of carbonyl (C=O) groups excluding carboxylic acids is 4. The molecule has 24 heteroatoms. The Hall–Kier alpha value is -6.33. The summed E-state index contributed by atoms with van der Waals surface area (Å²) in [6.45, 7) is 1.37. The van der Waals surface area contributed by atoms with Gasteiger partial charge in [0.1, 0.15) is 18.1 Å². The molecule has 3 aromatic heterocycles. The number of aromatic nitrogens is 6. The minimum atomic E-state index is -4.47. The quantitative estimate of drug-likeness (QED) is 0.181. The molecule has 3 N–H and O–H groups in total. The predicted octanol–water partition coefficient (Wildman–Crippen LogP) is 4.51. The van der Waals surface area contributed by atoms with Crippen molar-refractivity contribution >= 4 is 46.6 Å². The van der Waals surface area contributed by atoms with E-state index in [0.717, 1.165) is 40.9 Å². The second-order valence-electron chi connectivity index (χ2n) is 15.5. The minimum absolute atomic E-state index is 0.0407. The molecular weight excluding hydrogens is 835 g/mol. The molecule has 0 radical (unpaired) electrons. The smallest absolute Gasteiger partial charge is 0.370 e. The van der Waals surface area contributed by atoms with E-state index in [9.17, 15) is 41.1 Å². The molecule has 0 bridgehead atoms. The number of rotatable bonds is 11. The number of hydrogen-bond acceptors (Lipinski definition) is 11.